The van der Waals surface area contributed by atoms with E-state index in [4.69, 9.17) is 0 Å². The molecule has 0 saturated carbocycles. The van der Waals surface area contributed by atoms with Crippen LogP contribution < -0.4 is 0 Å². The van der Waals surface area contributed by atoms with Crippen LogP contribution in [-0.4, -0.2) is 0 Å². The number of hydrogen-bond donors (Lipinski definition) is 0. The molecule has 2 aliphatic carbocycles. The Labute approximate surface area is 182 Å². The average Bonchev–Trinajstić information content (AvgIpc) is 3.15. The second kappa shape index (κ2) is 7.75. The summed E-state index contributed by atoms with van der Waals surface area (Å²) < 4.78 is 0.941. The summed E-state index contributed by atoms with van der Waals surface area (Å²) in [5, 5.41) is 0. The third kappa shape index (κ3) is 3.17. The van der Waals surface area contributed by atoms with Gasteiger partial charge in [-0.05, 0) is 0 Å². The summed E-state index contributed by atoms with van der Waals surface area (Å²) in [5.41, 5.74) is 12.5. The second-order valence-corrected chi connectivity index (χ2v) is 13.0. The van der Waals surface area contributed by atoms with Gasteiger partial charge in [0.05, 0.1) is 0 Å². The summed E-state index contributed by atoms with van der Waals surface area (Å²) in [6, 6.07) is 20.2. The monoisotopic (exact) mass is 444 g/mol. The molecule has 2 aromatic carbocycles. The van der Waals surface area contributed by atoms with Crippen LogP contribution >= 0.6 is 0 Å². The van der Waals surface area contributed by atoms with E-state index in [0.29, 0.717) is 6.75 Å². The average molecular weight is 446 g/mol. The van der Waals surface area contributed by atoms with Gasteiger partial charge in [-0.3, -0.25) is 0 Å². The summed E-state index contributed by atoms with van der Waals surface area (Å²) >= 11 is -0.864. The standard InChI is InChI=1S/C15H11.C12H19.Zr/c1-2-6-12(7-3-1)15-10-13-8-4-5-9-14(13)11-15;1-6-7-12-10(4)8(2)9(3)11(12)5;/h1-11H;6-7H2,1-5H3;. The molecule has 0 radical (unpaired) electrons. The zero-order valence-corrected chi connectivity index (χ0v) is 20.2. The third-order valence-electron chi connectivity index (χ3n) is 6.90. The van der Waals surface area contributed by atoms with Gasteiger partial charge >= 0.3 is 183 Å². The summed E-state index contributed by atoms with van der Waals surface area (Å²) in [6.45, 7) is 12.0. The Morgan fingerprint density at radius 1 is 0.893 bits per heavy atom. The first-order valence-electron chi connectivity index (χ1n) is 10.5. The van der Waals surface area contributed by atoms with Crippen molar-refractivity contribution in [1.82, 2.24) is 0 Å². The Morgan fingerprint density at radius 3 is 2.29 bits per heavy atom. The molecular weight excluding hydrogens is 416 g/mol. The fourth-order valence-corrected chi connectivity index (χ4v) is 10.6. The summed E-state index contributed by atoms with van der Waals surface area (Å²) in [5.74, 6) is 0. The fraction of sp³-hybridized carbons (Fsp3) is 0.333. The topological polar surface area (TPSA) is 0 Å². The third-order valence-corrected chi connectivity index (χ3v) is 12.2. The second-order valence-electron chi connectivity index (χ2n) is 8.40. The number of fused-ring (bicyclic) bond motifs is 1. The normalized spacial score (nSPS) is 23.9. The van der Waals surface area contributed by atoms with Crippen LogP contribution in [0.25, 0.3) is 11.6 Å². The molecule has 0 amide bonds. The molecule has 4 rings (SSSR count). The summed E-state index contributed by atoms with van der Waals surface area (Å²) in [4.78, 5) is 0. The summed E-state index contributed by atoms with van der Waals surface area (Å²) in [6.07, 6.45) is 4.96. The van der Waals surface area contributed by atoms with E-state index in [2.05, 4.69) is 95.3 Å². The van der Waals surface area contributed by atoms with E-state index < -0.39 is 23.2 Å². The van der Waals surface area contributed by atoms with Crippen LogP contribution in [0.3, 0.4) is 0 Å². The van der Waals surface area contributed by atoms with Crippen molar-refractivity contribution in [2.45, 2.75) is 54.2 Å². The molecule has 28 heavy (non-hydrogen) atoms. The Kier molecular flexibility index (Phi) is 5.50. The quantitative estimate of drug-likeness (QED) is 0.437. The van der Waals surface area contributed by atoms with E-state index >= 15 is 0 Å². The molecule has 2 atom stereocenters. The Bertz CT molecular complexity index is 990. The predicted molar refractivity (Wildman–Crippen MR) is 118 cm³/mol. The van der Waals surface area contributed by atoms with Crippen LogP contribution in [0.15, 0.2) is 76.9 Å². The van der Waals surface area contributed by atoms with Gasteiger partial charge in [-0.25, -0.2) is 0 Å². The van der Waals surface area contributed by atoms with Crippen LogP contribution in [0.5, 0.6) is 0 Å². The first kappa shape index (κ1) is 19.8. The van der Waals surface area contributed by atoms with E-state index in [1.54, 1.807) is 33.4 Å². The minimum absolute atomic E-state index is 0.323. The SMILES string of the molecule is CCCC1=C(C)C(C)=C(C)[C]1(C)[Zr][CH]1C(c2ccccc2)=Cc2ccccc21. The molecule has 2 aliphatic rings. The number of benzene rings is 2. The molecule has 0 heterocycles. The van der Waals surface area contributed by atoms with Crippen molar-refractivity contribution in [2.75, 3.05) is 0 Å². The van der Waals surface area contributed by atoms with Gasteiger partial charge in [-0.15, -0.1) is 0 Å². The first-order chi connectivity index (χ1) is 13.5. The molecule has 142 valence electrons. The van der Waals surface area contributed by atoms with E-state index in [1.807, 2.05) is 0 Å². The molecular formula is C27H30Zr. The first-order valence-corrected chi connectivity index (χ1v) is 13.1. The number of rotatable bonds is 5. The maximum absolute atomic E-state index is 2.57. The number of allylic oxidation sites excluding steroid dienone is 5. The molecule has 0 bridgehead atoms. The number of hydrogen-bond acceptors (Lipinski definition) is 0. The van der Waals surface area contributed by atoms with Crippen LogP contribution in [-0.2, 0) is 23.2 Å². The molecule has 0 N–H and O–H groups in total. The molecule has 0 fully saturated rings. The Morgan fingerprint density at radius 2 is 1.57 bits per heavy atom. The van der Waals surface area contributed by atoms with Gasteiger partial charge in [-0.2, -0.15) is 0 Å². The van der Waals surface area contributed by atoms with E-state index in [9.17, 15) is 0 Å². The Hall–Kier alpha value is -1.46. The van der Waals surface area contributed by atoms with Crippen molar-refractivity contribution < 1.29 is 23.2 Å². The van der Waals surface area contributed by atoms with E-state index in [-0.39, 0.29) is 0 Å². The zero-order valence-electron chi connectivity index (χ0n) is 17.8. The molecule has 0 aliphatic heterocycles. The zero-order chi connectivity index (χ0) is 19.9. The van der Waals surface area contributed by atoms with Crippen molar-refractivity contribution in [3.63, 3.8) is 0 Å². The van der Waals surface area contributed by atoms with Crippen molar-refractivity contribution in [3.05, 3.63) is 93.6 Å². The van der Waals surface area contributed by atoms with Gasteiger partial charge in [-0.1, -0.05) is 0 Å². The maximum atomic E-state index is 2.57. The van der Waals surface area contributed by atoms with Gasteiger partial charge in [0.1, 0.15) is 0 Å². The predicted octanol–water partition coefficient (Wildman–Crippen LogP) is 8.01. The van der Waals surface area contributed by atoms with E-state index in [1.165, 1.54) is 24.0 Å². The van der Waals surface area contributed by atoms with Crippen molar-refractivity contribution in [1.29, 1.82) is 0 Å². The molecule has 0 aromatic heterocycles. The van der Waals surface area contributed by atoms with Gasteiger partial charge < -0.3 is 0 Å². The molecule has 0 nitrogen and oxygen atoms in total. The van der Waals surface area contributed by atoms with Crippen molar-refractivity contribution in [2.24, 2.45) is 0 Å². The van der Waals surface area contributed by atoms with Crippen LogP contribution in [0.4, 0.5) is 0 Å². The van der Waals surface area contributed by atoms with Crippen molar-refractivity contribution in [3.8, 4) is 0 Å². The molecule has 1 heteroatoms. The van der Waals surface area contributed by atoms with Gasteiger partial charge in [0.15, 0.2) is 0 Å². The molecule has 2 aromatic rings. The molecule has 2 unspecified atom stereocenters. The van der Waals surface area contributed by atoms with Gasteiger partial charge in [0, 0.05) is 0 Å². The van der Waals surface area contributed by atoms with Gasteiger partial charge in [0.2, 0.25) is 0 Å². The van der Waals surface area contributed by atoms with Gasteiger partial charge in [0.25, 0.3) is 0 Å². The minimum atomic E-state index is -0.864. The molecule has 0 spiro atoms. The molecule has 0 saturated heterocycles. The summed E-state index contributed by atoms with van der Waals surface area (Å²) in [7, 11) is 0. The van der Waals surface area contributed by atoms with Crippen LogP contribution in [0.2, 0.25) is 3.12 Å². The van der Waals surface area contributed by atoms with Crippen molar-refractivity contribution >= 4 is 11.6 Å². The van der Waals surface area contributed by atoms with Crippen LogP contribution in [0, 0.1) is 0 Å². The van der Waals surface area contributed by atoms with Crippen LogP contribution in [0.1, 0.15) is 67.8 Å². The fourth-order valence-electron chi connectivity index (χ4n) is 5.02. The van der Waals surface area contributed by atoms with E-state index in [0.717, 1.165) is 0 Å². The Balaban J connectivity index is 1.80.